The third-order valence-electron chi connectivity index (χ3n) is 0.748. The van der Waals surface area contributed by atoms with Crippen molar-refractivity contribution in [1.82, 2.24) is 5.32 Å². The smallest absolute Gasteiger partial charge is 0.258 e. The van der Waals surface area contributed by atoms with Crippen molar-refractivity contribution in [2.45, 2.75) is 19.4 Å². The molecule has 0 saturated carbocycles. The maximum Gasteiger partial charge on any atom is 0.258 e. The molecule has 1 unspecified atom stereocenters. The van der Waals surface area contributed by atoms with Gasteiger partial charge in [-0.2, -0.15) is 0 Å². The van der Waals surface area contributed by atoms with Crippen LogP contribution in [0.2, 0.25) is 0 Å². The molecule has 5 heteroatoms. The summed E-state index contributed by atoms with van der Waals surface area (Å²) < 4.78 is 23.2. The molecular weight excluding hydrogens is 146 g/mol. The van der Waals surface area contributed by atoms with Crippen LogP contribution in [0, 0.1) is 0 Å². The van der Waals surface area contributed by atoms with Crippen molar-refractivity contribution in [2.75, 3.05) is 0 Å². The third kappa shape index (κ3) is 4.08. The van der Waals surface area contributed by atoms with E-state index in [4.69, 9.17) is 5.73 Å². The average Bonchev–Trinajstić information content (AvgIpc) is 1.63. The molecule has 1 atom stereocenters. The highest BCUT2D eigenvalue weighted by atomic mass is 32.1. The summed E-state index contributed by atoms with van der Waals surface area (Å²) in [5, 5.41) is 2.11. The molecule has 0 bridgehead atoms. The van der Waals surface area contributed by atoms with Gasteiger partial charge >= 0.3 is 0 Å². The van der Waals surface area contributed by atoms with Gasteiger partial charge in [-0.3, -0.25) is 0 Å². The minimum absolute atomic E-state index is 0.0946. The van der Waals surface area contributed by atoms with Crippen molar-refractivity contribution in [3.63, 3.8) is 0 Å². The molecule has 0 heterocycles. The molecule has 0 rings (SSSR count). The monoisotopic (exact) mass is 154 g/mol. The lowest BCUT2D eigenvalue weighted by Gasteiger charge is -2.10. The first-order chi connectivity index (χ1) is 4.04. The van der Waals surface area contributed by atoms with Crippen molar-refractivity contribution >= 4 is 17.3 Å². The van der Waals surface area contributed by atoms with Gasteiger partial charge in [-0.25, -0.2) is 8.78 Å². The molecule has 0 radical (unpaired) electrons. The van der Waals surface area contributed by atoms with Gasteiger partial charge in [0.05, 0.1) is 6.04 Å². The fourth-order valence-corrected chi connectivity index (χ4v) is 0.473. The van der Waals surface area contributed by atoms with E-state index in [1.54, 1.807) is 0 Å². The van der Waals surface area contributed by atoms with E-state index < -0.39 is 12.5 Å². The van der Waals surface area contributed by atoms with E-state index in [0.29, 0.717) is 0 Å². The third-order valence-corrected chi connectivity index (χ3v) is 0.866. The standard InChI is InChI=1S/C4H8F2N2S/c1-2(3(5)6)8-4(7)9/h2-3H,1H3,(H3,7,8,9). The van der Waals surface area contributed by atoms with Gasteiger partial charge in [-0.1, -0.05) is 0 Å². The number of halogens is 2. The number of rotatable bonds is 2. The Bertz CT molecular complexity index is 107. The van der Waals surface area contributed by atoms with Crippen molar-refractivity contribution in [1.29, 1.82) is 0 Å². The maximum absolute atomic E-state index is 11.6. The van der Waals surface area contributed by atoms with Crippen molar-refractivity contribution in [3.8, 4) is 0 Å². The molecule has 2 nitrogen and oxygen atoms in total. The van der Waals surface area contributed by atoms with E-state index in [1.165, 1.54) is 6.92 Å². The van der Waals surface area contributed by atoms with Gasteiger partial charge in [0, 0.05) is 0 Å². The Morgan fingerprint density at radius 2 is 2.11 bits per heavy atom. The van der Waals surface area contributed by atoms with Crippen molar-refractivity contribution < 1.29 is 8.78 Å². The lowest BCUT2D eigenvalue weighted by atomic mass is 10.4. The molecule has 0 aliphatic heterocycles. The van der Waals surface area contributed by atoms with Crippen LogP contribution in [0.15, 0.2) is 0 Å². The fourth-order valence-electron chi connectivity index (χ4n) is 0.287. The molecule has 3 N–H and O–H groups in total. The number of nitrogens with two attached hydrogens (primary N) is 1. The largest absolute Gasteiger partial charge is 0.376 e. The molecule has 0 spiro atoms. The van der Waals surface area contributed by atoms with Gasteiger partial charge in [0.1, 0.15) is 0 Å². The molecule has 54 valence electrons. The number of nitrogens with one attached hydrogen (secondary N) is 1. The van der Waals surface area contributed by atoms with Crippen LogP contribution in [0.25, 0.3) is 0 Å². The molecule has 0 aromatic heterocycles. The van der Waals surface area contributed by atoms with Gasteiger partial charge < -0.3 is 11.1 Å². The second kappa shape index (κ2) is 3.55. The first-order valence-electron chi connectivity index (χ1n) is 2.38. The molecule has 0 aromatic carbocycles. The van der Waals surface area contributed by atoms with Gasteiger partial charge in [-0.15, -0.1) is 0 Å². The van der Waals surface area contributed by atoms with Crippen LogP contribution in [0.4, 0.5) is 8.78 Å². The summed E-state index contributed by atoms with van der Waals surface area (Å²) in [5.41, 5.74) is 4.92. The summed E-state index contributed by atoms with van der Waals surface area (Å²) in [7, 11) is 0. The van der Waals surface area contributed by atoms with E-state index in [2.05, 4.69) is 17.5 Å². The van der Waals surface area contributed by atoms with Crippen LogP contribution in [0.5, 0.6) is 0 Å². The zero-order valence-corrected chi connectivity index (χ0v) is 5.71. The van der Waals surface area contributed by atoms with E-state index in [0.717, 1.165) is 0 Å². The Morgan fingerprint density at radius 1 is 1.67 bits per heavy atom. The molecule has 9 heavy (non-hydrogen) atoms. The van der Waals surface area contributed by atoms with Crippen LogP contribution >= 0.6 is 12.2 Å². The molecular formula is C4H8F2N2S. The van der Waals surface area contributed by atoms with Crippen LogP contribution in [0.3, 0.4) is 0 Å². The number of hydrogen-bond acceptors (Lipinski definition) is 1. The minimum atomic E-state index is -2.42. The summed E-state index contributed by atoms with van der Waals surface area (Å²) >= 11 is 4.32. The first-order valence-corrected chi connectivity index (χ1v) is 2.79. The van der Waals surface area contributed by atoms with Crippen molar-refractivity contribution in [2.24, 2.45) is 5.73 Å². The molecule has 0 aromatic rings. The summed E-state index contributed by atoms with van der Waals surface area (Å²) in [6, 6.07) is -0.956. The highest BCUT2D eigenvalue weighted by Gasteiger charge is 2.13. The Balaban J connectivity index is 3.50. The van der Waals surface area contributed by atoms with Gasteiger partial charge in [-0.05, 0) is 19.1 Å². The summed E-state index contributed by atoms with van der Waals surface area (Å²) in [4.78, 5) is 0. The fraction of sp³-hybridized carbons (Fsp3) is 0.750. The highest BCUT2D eigenvalue weighted by molar-refractivity contribution is 7.80. The van der Waals surface area contributed by atoms with E-state index in [-0.39, 0.29) is 5.11 Å². The molecule has 0 aliphatic carbocycles. The van der Waals surface area contributed by atoms with E-state index >= 15 is 0 Å². The molecule has 0 fully saturated rings. The second-order valence-corrected chi connectivity index (χ2v) is 2.07. The van der Waals surface area contributed by atoms with Gasteiger partial charge in [0.25, 0.3) is 6.43 Å². The summed E-state index contributed by atoms with van der Waals surface area (Å²) in [6.45, 7) is 1.31. The van der Waals surface area contributed by atoms with Gasteiger partial charge in [0.15, 0.2) is 5.11 Å². The quantitative estimate of drug-likeness (QED) is 0.568. The Kier molecular flexibility index (Phi) is 3.37. The number of alkyl halides is 2. The number of thiocarbonyl (C=S) groups is 1. The predicted octanol–water partition coefficient (Wildman–Crippen LogP) is 0.473. The summed E-state index contributed by atoms with van der Waals surface area (Å²) in [5.74, 6) is 0. The van der Waals surface area contributed by atoms with Gasteiger partial charge in [0.2, 0.25) is 0 Å². The summed E-state index contributed by atoms with van der Waals surface area (Å²) in [6.07, 6.45) is -2.42. The van der Waals surface area contributed by atoms with Crippen molar-refractivity contribution in [3.05, 3.63) is 0 Å². The van der Waals surface area contributed by atoms with E-state index in [1.807, 2.05) is 0 Å². The number of hydrogen-bond donors (Lipinski definition) is 2. The predicted molar refractivity (Wildman–Crippen MR) is 35.4 cm³/mol. The van der Waals surface area contributed by atoms with Crippen LogP contribution in [-0.4, -0.2) is 17.6 Å². The Hall–Kier alpha value is -0.450. The highest BCUT2D eigenvalue weighted by Crippen LogP contribution is 1.97. The zero-order valence-electron chi connectivity index (χ0n) is 4.90. The minimum Gasteiger partial charge on any atom is -0.376 e. The maximum atomic E-state index is 11.6. The van der Waals surface area contributed by atoms with Crippen LogP contribution in [-0.2, 0) is 0 Å². The Morgan fingerprint density at radius 3 is 2.22 bits per heavy atom. The average molecular weight is 154 g/mol. The lowest BCUT2D eigenvalue weighted by molar-refractivity contribution is 0.115. The Labute approximate surface area is 57.4 Å². The molecule has 0 saturated heterocycles. The van der Waals surface area contributed by atoms with Crippen LogP contribution in [0.1, 0.15) is 6.92 Å². The lowest BCUT2D eigenvalue weighted by Crippen LogP contribution is -2.40. The SMILES string of the molecule is CC(NC(N)=S)C(F)F. The second-order valence-electron chi connectivity index (χ2n) is 1.63. The molecule has 0 aliphatic rings. The topological polar surface area (TPSA) is 38.0 Å². The zero-order chi connectivity index (χ0) is 7.44. The van der Waals surface area contributed by atoms with E-state index in [9.17, 15) is 8.78 Å². The van der Waals surface area contributed by atoms with Crippen LogP contribution < -0.4 is 11.1 Å². The first kappa shape index (κ1) is 8.55. The normalized spacial score (nSPS) is 13.3. The molecule has 0 amide bonds.